The molecule has 3 rings (SSSR count). The summed E-state index contributed by atoms with van der Waals surface area (Å²) in [6.07, 6.45) is 1.51. The number of nitrogens with zero attached hydrogens (tertiary/aromatic N) is 1. The summed E-state index contributed by atoms with van der Waals surface area (Å²) in [7, 11) is -3.74. The number of carbonyl (C=O) groups is 1. The molecule has 1 heterocycles. The molecule has 0 bridgehead atoms. The first-order valence-corrected chi connectivity index (χ1v) is 10.5. The smallest absolute Gasteiger partial charge is 0.261 e. The monoisotopic (exact) mass is 388 g/mol. The highest BCUT2D eigenvalue weighted by Gasteiger charge is 2.30. The molecular formula is C20H24N2O4S. The Kier molecular flexibility index (Phi) is 5.41. The Labute approximate surface area is 160 Å². The van der Waals surface area contributed by atoms with Crippen molar-refractivity contribution in [1.82, 2.24) is 0 Å². The third kappa shape index (κ3) is 4.08. The van der Waals surface area contributed by atoms with Crippen molar-refractivity contribution in [2.75, 3.05) is 16.2 Å². The van der Waals surface area contributed by atoms with E-state index in [0.29, 0.717) is 24.5 Å². The van der Waals surface area contributed by atoms with E-state index in [1.807, 2.05) is 13.8 Å². The molecule has 1 aliphatic heterocycles. The molecule has 1 aliphatic rings. The number of amides is 1. The summed E-state index contributed by atoms with van der Waals surface area (Å²) in [4.78, 5) is 13.7. The van der Waals surface area contributed by atoms with Crippen LogP contribution in [0.15, 0.2) is 47.4 Å². The van der Waals surface area contributed by atoms with Crippen molar-refractivity contribution in [3.05, 3.63) is 48.0 Å². The fourth-order valence-electron chi connectivity index (χ4n) is 3.34. The lowest BCUT2D eigenvalue weighted by molar-refractivity contribution is -0.116. The number of nitrogens with one attached hydrogen (secondary N) is 1. The molecule has 0 aliphatic carbocycles. The summed E-state index contributed by atoms with van der Waals surface area (Å²) in [6, 6.07) is 11.8. The van der Waals surface area contributed by atoms with Gasteiger partial charge in [-0.15, -0.1) is 0 Å². The van der Waals surface area contributed by atoms with E-state index in [-0.39, 0.29) is 16.8 Å². The van der Waals surface area contributed by atoms with Crippen LogP contribution in [0.1, 0.15) is 32.8 Å². The Morgan fingerprint density at radius 3 is 2.74 bits per heavy atom. The van der Waals surface area contributed by atoms with E-state index in [4.69, 9.17) is 4.74 Å². The normalized spacial score (nSPS) is 16.1. The van der Waals surface area contributed by atoms with Crippen LogP contribution in [0.5, 0.6) is 5.75 Å². The summed E-state index contributed by atoms with van der Waals surface area (Å²) in [5.41, 5.74) is 2.09. The second kappa shape index (κ2) is 7.60. The minimum atomic E-state index is -3.74. The highest BCUT2D eigenvalue weighted by molar-refractivity contribution is 7.92. The third-order valence-corrected chi connectivity index (χ3v) is 5.85. The van der Waals surface area contributed by atoms with Crippen molar-refractivity contribution in [1.29, 1.82) is 0 Å². The van der Waals surface area contributed by atoms with Gasteiger partial charge in [0.25, 0.3) is 10.0 Å². The van der Waals surface area contributed by atoms with Crippen molar-refractivity contribution >= 4 is 27.3 Å². The fraction of sp³-hybridized carbons (Fsp3) is 0.350. The lowest BCUT2D eigenvalue weighted by atomic mass is 10.1. The number of carbonyl (C=O) groups excluding carboxylic acids is 1. The number of fused-ring (bicyclic) bond motifs is 1. The quantitative estimate of drug-likeness (QED) is 0.821. The highest BCUT2D eigenvalue weighted by atomic mass is 32.2. The van der Waals surface area contributed by atoms with Gasteiger partial charge in [-0.2, -0.15) is 0 Å². The maximum atomic E-state index is 12.8. The summed E-state index contributed by atoms with van der Waals surface area (Å²) in [6.45, 7) is 6.06. The van der Waals surface area contributed by atoms with E-state index in [0.717, 1.165) is 17.7 Å². The molecule has 27 heavy (non-hydrogen) atoms. The van der Waals surface area contributed by atoms with Crippen LogP contribution in [0.25, 0.3) is 0 Å². The molecular weight excluding hydrogens is 364 g/mol. The number of hydrogen-bond donors (Lipinski definition) is 1. The molecule has 2 aromatic rings. The molecule has 7 heteroatoms. The highest BCUT2D eigenvalue weighted by Crippen LogP contribution is 2.34. The van der Waals surface area contributed by atoms with E-state index in [1.54, 1.807) is 41.3 Å². The second-order valence-electron chi connectivity index (χ2n) is 6.71. The van der Waals surface area contributed by atoms with Crippen LogP contribution in [0, 0.1) is 0 Å². The minimum Gasteiger partial charge on any atom is -0.494 e. The maximum Gasteiger partial charge on any atom is 0.261 e. The SMILES string of the molecule is CCCOc1cccc(NS(=O)(=O)c2ccc3c(c2)CC(C)N3C(C)=O)c1. The van der Waals surface area contributed by atoms with Gasteiger partial charge in [-0.05, 0) is 55.7 Å². The Balaban J connectivity index is 1.84. The van der Waals surface area contributed by atoms with Crippen LogP contribution in [0.4, 0.5) is 11.4 Å². The Morgan fingerprint density at radius 2 is 2.04 bits per heavy atom. The van der Waals surface area contributed by atoms with E-state index in [2.05, 4.69) is 4.72 Å². The largest absolute Gasteiger partial charge is 0.494 e. The molecule has 0 fully saturated rings. The zero-order valence-corrected chi connectivity index (χ0v) is 16.5. The van der Waals surface area contributed by atoms with Crippen LogP contribution in [0.2, 0.25) is 0 Å². The van der Waals surface area contributed by atoms with E-state index >= 15 is 0 Å². The van der Waals surface area contributed by atoms with Crippen LogP contribution in [-0.4, -0.2) is 27.0 Å². The zero-order valence-electron chi connectivity index (χ0n) is 15.7. The van der Waals surface area contributed by atoms with E-state index < -0.39 is 10.0 Å². The van der Waals surface area contributed by atoms with Crippen LogP contribution < -0.4 is 14.4 Å². The van der Waals surface area contributed by atoms with Gasteiger partial charge < -0.3 is 9.64 Å². The average Bonchev–Trinajstić information content (AvgIpc) is 2.95. The predicted molar refractivity (Wildman–Crippen MR) is 106 cm³/mol. The molecule has 0 spiro atoms. The number of anilines is 2. The molecule has 1 unspecified atom stereocenters. The van der Waals surface area contributed by atoms with Gasteiger partial charge in [-0.3, -0.25) is 9.52 Å². The van der Waals surface area contributed by atoms with E-state index in [9.17, 15) is 13.2 Å². The Hall–Kier alpha value is -2.54. The number of ether oxygens (including phenoxy) is 1. The molecule has 1 atom stereocenters. The lowest BCUT2D eigenvalue weighted by Crippen LogP contribution is -2.33. The van der Waals surface area contributed by atoms with Crippen molar-refractivity contribution in [2.24, 2.45) is 0 Å². The molecule has 0 saturated carbocycles. The molecule has 0 saturated heterocycles. The second-order valence-corrected chi connectivity index (χ2v) is 8.40. The first-order valence-electron chi connectivity index (χ1n) is 9.00. The Bertz CT molecular complexity index is 956. The number of rotatable bonds is 6. The number of sulfonamides is 1. The molecule has 1 amide bonds. The third-order valence-electron chi connectivity index (χ3n) is 4.48. The molecule has 1 N–H and O–H groups in total. The van der Waals surface area contributed by atoms with Gasteiger partial charge >= 0.3 is 0 Å². The predicted octanol–water partition coefficient (Wildman–Crippen LogP) is 3.57. The maximum absolute atomic E-state index is 12.8. The van der Waals surface area contributed by atoms with E-state index in [1.165, 1.54) is 13.0 Å². The van der Waals surface area contributed by atoms with Crippen LogP contribution in [0.3, 0.4) is 0 Å². The average molecular weight is 388 g/mol. The van der Waals surface area contributed by atoms with Crippen molar-refractivity contribution < 1.29 is 17.9 Å². The van der Waals surface area contributed by atoms with Gasteiger partial charge in [-0.25, -0.2) is 8.42 Å². The van der Waals surface area contributed by atoms with Crippen molar-refractivity contribution in [3.8, 4) is 5.75 Å². The van der Waals surface area contributed by atoms with Gasteiger partial charge in [-0.1, -0.05) is 13.0 Å². The summed E-state index contributed by atoms with van der Waals surface area (Å²) in [5.74, 6) is 0.579. The standard InChI is InChI=1S/C20H24N2O4S/c1-4-10-26-18-7-5-6-17(13-18)21-27(24,25)19-8-9-20-16(12-19)11-14(2)22(20)15(3)23/h5-9,12-14,21H,4,10-11H2,1-3H3. The first-order chi connectivity index (χ1) is 12.8. The van der Waals surface area contributed by atoms with Crippen LogP contribution >= 0.6 is 0 Å². The number of hydrogen-bond acceptors (Lipinski definition) is 4. The summed E-state index contributed by atoms with van der Waals surface area (Å²) < 4.78 is 33.7. The molecule has 0 aromatic heterocycles. The zero-order chi connectivity index (χ0) is 19.6. The van der Waals surface area contributed by atoms with Gasteiger partial charge in [0.05, 0.1) is 17.2 Å². The molecule has 2 aromatic carbocycles. The molecule has 144 valence electrons. The Morgan fingerprint density at radius 1 is 1.26 bits per heavy atom. The van der Waals surface area contributed by atoms with Gasteiger partial charge in [0.2, 0.25) is 5.91 Å². The van der Waals surface area contributed by atoms with Gasteiger partial charge in [0.1, 0.15) is 5.75 Å². The topological polar surface area (TPSA) is 75.7 Å². The summed E-state index contributed by atoms with van der Waals surface area (Å²) in [5, 5.41) is 0. The minimum absolute atomic E-state index is 0.0239. The van der Waals surface area contributed by atoms with Crippen molar-refractivity contribution in [3.63, 3.8) is 0 Å². The lowest BCUT2D eigenvalue weighted by Gasteiger charge is -2.20. The number of benzene rings is 2. The summed E-state index contributed by atoms with van der Waals surface area (Å²) >= 11 is 0. The fourth-order valence-corrected chi connectivity index (χ4v) is 4.44. The molecule has 6 nitrogen and oxygen atoms in total. The van der Waals surface area contributed by atoms with Gasteiger partial charge in [0, 0.05) is 24.7 Å². The van der Waals surface area contributed by atoms with Crippen LogP contribution in [-0.2, 0) is 21.2 Å². The molecule has 0 radical (unpaired) electrons. The first kappa shape index (κ1) is 19.2. The van der Waals surface area contributed by atoms with Crippen molar-refractivity contribution in [2.45, 2.75) is 44.6 Å². The van der Waals surface area contributed by atoms with Gasteiger partial charge in [0.15, 0.2) is 0 Å².